The number of aromatic nitrogens is 2. The van der Waals surface area contributed by atoms with E-state index in [1.807, 2.05) is 13.8 Å². The summed E-state index contributed by atoms with van der Waals surface area (Å²) in [6.07, 6.45) is 1.75. The molecule has 0 saturated heterocycles. The van der Waals surface area contributed by atoms with E-state index < -0.39 is 0 Å². The maximum absolute atomic E-state index is 13.0. The van der Waals surface area contributed by atoms with Crippen molar-refractivity contribution in [2.75, 3.05) is 5.73 Å². The third-order valence-electron chi connectivity index (χ3n) is 3.48. The Morgan fingerprint density at radius 2 is 1.76 bits per heavy atom. The Kier molecular flexibility index (Phi) is 3.22. The number of anilines is 1. The van der Waals surface area contributed by atoms with Gasteiger partial charge in [-0.3, -0.25) is 0 Å². The van der Waals surface area contributed by atoms with Gasteiger partial charge >= 0.3 is 0 Å². The molecule has 0 amide bonds. The van der Waals surface area contributed by atoms with Crippen LogP contribution in [0, 0.1) is 19.7 Å². The molecule has 1 aromatic heterocycles. The molecule has 3 nitrogen and oxygen atoms in total. The van der Waals surface area contributed by atoms with Crippen LogP contribution in [0.4, 0.5) is 10.1 Å². The first-order chi connectivity index (χ1) is 10.0. The number of nitrogens with two attached hydrogens (primary N) is 1. The first-order valence-corrected chi connectivity index (χ1v) is 6.73. The maximum Gasteiger partial charge on any atom is 0.123 e. The highest BCUT2D eigenvalue weighted by atomic mass is 19.1. The van der Waals surface area contributed by atoms with Gasteiger partial charge in [-0.05, 0) is 49.7 Å². The smallest absolute Gasteiger partial charge is 0.123 e. The Morgan fingerprint density at radius 1 is 1.05 bits per heavy atom. The van der Waals surface area contributed by atoms with E-state index in [2.05, 4.69) is 23.3 Å². The van der Waals surface area contributed by atoms with Gasteiger partial charge in [-0.1, -0.05) is 17.7 Å². The molecule has 2 N–H and O–H groups in total. The molecule has 1 heterocycles. The summed E-state index contributed by atoms with van der Waals surface area (Å²) in [4.78, 5) is 0. The summed E-state index contributed by atoms with van der Waals surface area (Å²) in [5.41, 5.74) is 11.5. The Labute approximate surface area is 122 Å². The first kappa shape index (κ1) is 13.4. The third kappa shape index (κ3) is 2.52. The number of aryl methyl sites for hydroxylation is 2. The Balaban J connectivity index is 2.09. The fraction of sp³-hybridized carbons (Fsp3) is 0.118. The minimum atomic E-state index is -0.270. The van der Waals surface area contributed by atoms with Gasteiger partial charge in [-0.2, -0.15) is 5.10 Å². The van der Waals surface area contributed by atoms with E-state index in [-0.39, 0.29) is 5.82 Å². The molecule has 21 heavy (non-hydrogen) atoms. The van der Waals surface area contributed by atoms with Crippen LogP contribution in [-0.2, 0) is 0 Å². The maximum atomic E-state index is 13.0. The molecule has 2 aromatic carbocycles. The molecule has 0 atom stereocenters. The van der Waals surface area contributed by atoms with Crippen LogP contribution in [0.25, 0.3) is 16.9 Å². The van der Waals surface area contributed by atoms with Crippen LogP contribution >= 0.6 is 0 Å². The number of hydrogen-bond acceptors (Lipinski definition) is 2. The minimum Gasteiger partial charge on any atom is -0.396 e. The van der Waals surface area contributed by atoms with Crippen molar-refractivity contribution in [1.29, 1.82) is 0 Å². The second-order valence-electron chi connectivity index (χ2n) is 5.17. The zero-order valence-corrected chi connectivity index (χ0v) is 12.0. The molecule has 0 bridgehead atoms. The number of nitrogens with zero attached hydrogens (tertiary/aromatic N) is 2. The topological polar surface area (TPSA) is 43.8 Å². The fourth-order valence-corrected chi connectivity index (χ4v) is 2.31. The van der Waals surface area contributed by atoms with Crippen LogP contribution in [0.2, 0.25) is 0 Å². The van der Waals surface area contributed by atoms with E-state index in [0.29, 0.717) is 5.69 Å². The van der Waals surface area contributed by atoms with Crippen LogP contribution < -0.4 is 5.73 Å². The zero-order chi connectivity index (χ0) is 15.0. The molecule has 3 aromatic rings. The largest absolute Gasteiger partial charge is 0.396 e. The second kappa shape index (κ2) is 5.05. The third-order valence-corrected chi connectivity index (χ3v) is 3.48. The average Bonchev–Trinajstić information content (AvgIpc) is 2.84. The fourth-order valence-electron chi connectivity index (χ4n) is 2.31. The molecule has 0 saturated carbocycles. The molecule has 0 aliphatic rings. The number of hydrogen-bond donors (Lipinski definition) is 1. The SMILES string of the molecule is Cc1ccc(C)c(-c2nn(-c3ccc(F)cc3)cc2N)c1. The zero-order valence-electron chi connectivity index (χ0n) is 12.0. The summed E-state index contributed by atoms with van der Waals surface area (Å²) in [6, 6.07) is 12.4. The predicted octanol–water partition coefficient (Wildman–Crippen LogP) is 3.88. The number of nitrogen functional groups attached to an aromatic ring is 1. The molecule has 0 fully saturated rings. The Bertz CT molecular complexity index is 788. The van der Waals surface area contributed by atoms with E-state index in [9.17, 15) is 4.39 Å². The monoisotopic (exact) mass is 281 g/mol. The summed E-state index contributed by atoms with van der Waals surface area (Å²) in [7, 11) is 0. The van der Waals surface area contributed by atoms with Gasteiger partial charge < -0.3 is 5.73 Å². The van der Waals surface area contributed by atoms with E-state index in [1.54, 1.807) is 23.0 Å². The molecular formula is C17H16FN3. The number of rotatable bonds is 2. The van der Waals surface area contributed by atoms with Crippen molar-refractivity contribution in [2.45, 2.75) is 13.8 Å². The van der Waals surface area contributed by atoms with Crippen LogP contribution in [0.1, 0.15) is 11.1 Å². The van der Waals surface area contributed by atoms with Gasteiger partial charge in [0.25, 0.3) is 0 Å². The van der Waals surface area contributed by atoms with Crippen LogP contribution in [0.3, 0.4) is 0 Å². The molecule has 4 heteroatoms. The molecular weight excluding hydrogens is 265 g/mol. The van der Waals surface area contributed by atoms with Gasteiger partial charge in [0.1, 0.15) is 11.5 Å². The lowest BCUT2D eigenvalue weighted by atomic mass is 10.0. The molecule has 0 spiro atoms. The lowest BCUT2D eigenvalue weighted by Gasteiger charge is -2.05. The van der Waals surface area contributed by atoms with Crippen molar-refractivity contribution in [3.8, 4) is 16.9 Å². The van der Waals surface area contributed by atoms with Crippen LogP contribution in [0.5, 0.6) is 0 Å². The normalized spacial score (nSPS) is 10.8. The van der Waals surface area contributed by atoms with E-state index >= 15 is 0 Å². The molecule has 0 aliphatic heterocycles. The Morgan fingerprint density at radius 3 is 2.48 bits per heavy atom. The molecule has 0 radical (unpaired) electrons. The van der Waals surface area contributed by atoms with Gasteiger partial charge in [0.15, 0.2) is 0 Å². The lowest BCUT2D eigenvalue weighted by Crippen LogP contribution is -1.95. The average molecular weight is 281 g/mol. The van der Waals surface area contributed by atoms with Crippen LogP contribution in [-0.4, -0.2) is 9.78 Å². The van der Waals surface area contributed by atoms with E-state index in [0.717, 1.165) is 28.1 Å². The highest BCUT2D eigenvalue weighted by Gasteiger charge is 2.12. The van der Waals surface area contributed by atoms with Crippen molar-refractivity contribution in [2.24, 2.45) is 0 Å². The van der Waals surface area contributed by atoms with Crippen molar-refractivity contribution in [1.82, 2.24) is 9.78 Å². The summed E-state index contributed by atoms with van der Waals surface area (Å²) in [5.74, 6) is -0.270. The lowest BCUT2D eigenvalue weighted by molar-refractivity contribution is 0.627. The van der Waals surface area contributed by atoms with Gasteiger partial charge in [0, 0.05) is 5.56 Å². The first-order valence-electron chi connectivity index (χ1n) is 6.73. The van der Waals surface area contributed by atoms with Crippen LogP contribution in [0.15, 0.2) is 48.7 Å². The van der Waals surface area contributed by atoms with Crippen molar-refractivity contribution >= 4 is 5.69 Å². The summed E-state index contributed by atoms with van der Waals surface area (Å²) < 4.78 is 14.7. The summed E-state index contributed by atoms with van der Waals surface area (Å²) in [6.45, 7) is 4.07. The van der Waals surface area contributed by atoms with Gasteiger partial charge in [0.05, 0.1) is 17.6 Å². The molecule has 0 aliphatic carbocycles. The second-order valence-corrected chi connectivity index (χ2v) is 5.17. The highest BCUT2D eigenvalue weighted by Crippen LogP contribution is 2.29. The van der Waals surface area contributed by atoms with Crippen molar-refractivity contribution in [3.63, 3.8) is 0 Å². The quantitative estimate of drug-likeness (QED) is 0.774. The standard InChI is InChI=1S/C17H16FN3/c1-11-3-4-12(2)15(9-11)17-16(19)10-21(20-17)14-7-5-13(18)6-8-14/h3-10H,19H2,1-2H3. The summed E-state index contributed by atoms with van der Waals surface area (Å²) in [5, 5.41) is 4.55. The minimum absolute atomic E-state index is 0.270. The number of halogens is 1. The summed E-state index contributed by atoms with van der Waals surface area (Å²) >= 11 is 0. The predicted molar refractivity (Wildman–Crippen MR) is 82.8 cm³/mol. The van der Waals surface area contributed by atoms with Gasteiger partial charge in [0.2, 0.25) is 0 Å². The van der Waals surface area contributed by atoms with Crippen molar-refractivity contribution < 1.29 is 4.39 Å². The van der Waals surface area contributed by atoms with Gasteiger partial charge in [-0.15, -0.1) is 0 Å². The number of benzene rings is 2. The molecule has 106 valence electrons. The Hall–Kier alpha value is -2.62. The highest BCUT2D eigenvalue weighted by molar-refractivity contribution is 5.75. The van der Waals surface area contributed by atoms with Gasteiger partial charge in [-0.25, -0.2) is 9.07 Å². The molecule has 3 rings (SSSR count). The van der Waals surface area contributed by atoms with E-state index in [4.69, 9.17) is 5.73 Å². The van der Waals surface area contributed by atoms with E-state index in [1.165, 1.54) is 12.1 Å². The van der Waals surface area contributed by atoms with Crippen molar-refractivity contribution in [3.05, 3.63) is 65.6 Å². The molecule has 0 unspecified atom stereocenters.